The summed E-state index contributed by atoms with van der Waals surface area (Å²) in [5, 5.41) is 3.12. The van der Waals surface area contributed by atoms with Crippen LogP contribution >= 0.6 is 0 Å². The summed E-state index contributed by atoms with van der Waals surface area (Å²) in [5.41, 5.74) is 1.48. The van der Waals surface area contributed by atoms with E-state index in [0.717, 1.165) is 57.1 Å². The van der Waals surface area contributed by atoms with Gasteiger partial charge >= 0.3 is 5.97 Å². The molecule has 2 saturated heterocycles. The number of hydrogen-bond donors (Lipinski definition) is 1. The number of unbranched alkanes of at least 4 members (excludes halogenated alkanes) is 6. The summed E-state index contributed by atoms with van der Waals surface area (Å²) < 4.78 is 6.22. The van der Waals surface area contributed by atoms with Gasteiger partial charge in [-0.2, -0.15) is 0 Å². The maximum atomic E-state index is 14.1. The Balaban J connectivity index is 1.70. The first kappa shape index (κ1) is 44.2. The van der Waals surface area contributed by atoms with Crippen LogP contribution in [-0.2, 0) is 23.9 Å². The maximum absolute atomic E-state index is 14.1. The highest BCUT2D eigenvalue weighted by atomic mass is 16.5. The van der Waals surface area contributed by atoms with Crippen molar-refractivity contribution in [1.82, 2.24) is 20.0 Å². The fraction of sp³-hybridized carbons (Fsp3) is 0.727. The Morgan fingerprint density at radius 2 is 1.49 bits per heavy atom. The lowest BCUT2D eigenvalue weighted by atomic mass is 9.95. The molecule has 9 nitrogen and oxygen atoms in total. The van der Waals surface area contributed by atoms with Crippen molar-refractivity contribution in [3.63, 3.8) is 0 Å². The van der Waals surface area contributed by atoms with E-state index < -0.39 is 12.1 Å². The van der Waals surface area contributed by atoms with E-state index in [4.69, 9.17) is 4.74 Å². The molecule has 1 N–H and O–H groups in total. The molecule has 3 amide bonds. The highest BCUT2D eigenvalue weighted by Crippen LogP contribution is 2.29. The number of esters is 1. The molecular formula is C44H72N4O5. The molecular weight excluding hydrogens is 665 g/mol. The molecule has 0 saturated carbocycles. The van der Waals surface area contributed by atoms with Crippen molar-refractivity contribution >= 4 is 23.7 Å². The molecule has 53 heavy (non-hydrogen) atoms. The monoisotopic (exact) mass is 737 g/mol. The summed E-state index contributed by atoms with van der Waals surface area (Å²) in [4.78, 5) is 61.1. The van der Waals surface area contributed by atoms with Crippen molar-refractivity contribution in [2.24, 2.45) is 11.8 Å². The van der Waals surface area contributed by atoms with Crippen LogP contribution in [0.25, 0.3) is 0 Å². The second-order valence-electron chi connectivity index (χ2n) is 16.5. The number of likely N-dealkylation sites (tertiary alicyclic amines) is 2. The van der Waals surface area contributed by atoms with Crippen LogP contribution in [0.5, 0.6) is 0 Å². The molecule has 9 heteroatoms. The Labute approximate surface area is 321 Å². The van der Waals surface area contributed by atoms with E-state index in [-0.39, 0.29) is 59.8 Å². The molecule has 2 heterocycles. The molecule has 0 bridgehead atoms. The Hall–Kier alpha value is -3.20. The van der Waals surface area contributed by atoms with Gasteiger partial charge in [0, 0.05) is 25.2 Å². The molecule has 3 rings (SSSR count). The number of nitrogens with one attached hydrogen (secondary N) is 1. The fourth-order valence-electron chi connectivity index (χ4n) is 8.01. The average Bonchev–Trinajstić information content (AvgIpc) is 3.64. The quantitative estimate of drug-likeness (QED) is 0.0823. The number of carbonyl (C=O) groups excluding carboxylic acids is 4. The van der Waals surface area contributed by atoms with E-state index in [1.54, 1.807) is 23.8 Å². The number of piperidine rings is 1. The molecule has 0 radical (unpaired) electrons. The molecule has 0 spiro atoms. The lowest BCUT2D eigenvalue weighted by molar-refractivity contribution is -0.158. The highest BCUT2D eigenvalue weighted by Gasteiger charge is 2.39. The highest BCUT2D eigenvalue weighted by molar-refractivity contribution is 5.96. The predicted octanol–water partition coefficient (Wildman–Crippen LogP) is 8.24. The van der Waals surface area contributed by atoms with Gasteiger partial charge in [-0.1, -0.05) is 116 Å². The largest absolute Gasteiger partial charge is 0.456 e. The van der Waals surface area contributed by atoms with Crippen LogP contribution in [0.15, 0.2) is 42.0 Å². The van der Waals surface area contributed by atoms with Gasteiger partial charge in [0.1, 0.15) is 18.2 Å². The van der Waals surface area contributed by atoms with Crippen molar-refractivity contribution in [3.05, 3.63) is 47.5 Å². The summed E-state index contributed by atoms with van der Waals surface area (Å²) >= 11 is 0. The first-order valence-corrected chi connectivity index (χ1v) is 20.9. The summed E-state index contributed by atoms with van der Waals surface area (Å²) in [7, 11) is 1.76. The normalized spacial score (nSPS) is 20.1. The van der Waals surface area contributed by atoms with Gasteiger partial charge in [-0.3, -0.25) is 19.3 Å². The summed E-state index contributed by atoms with van der Waals surface area (Å²) in [6, 6.07) is 8.22. The minimum Gasteiger partial charge on any atom is -0.456 e. The molecule has 0 unspecified atom stereocenters. The Morgan fingerprint density at radius 1 is 0.849 bits per heavy atom. The zero-order valence-electron chi connectivity index (χ0n) is 34.6. The standard InChI is InChI=1S/C44H72N4O5/c1-10-11-12-13-14-15-19-27-39(35-23-17-16-18-24-35)53-44(52)37-26-22-29-48(37)42(50)34(8)30-38(31(2)3)46(9)43(51)40(32(4)5)45-41(49)36-25-20-21-28-47(36)33(6)7/h16-18,23-24,30-33,36-40H,10-15,19-22,25-29H2,1-9H3,(H,45,49)/b34-30+/t36-,37+,38-,39-,40+/m1/s1. The van der Waals surface area contributed by atoms with Gasteiger partial charge in [-0.15, -0.1) is 0 Å². The number of benzene rings is 1. The first-order valence-electron chi connectivity index (χ1n) is 20.9. The SMILES string of the molecule is CCCCCCCCC[C@@H](OC(=O)[C@@H]1CCCN1C(=O)/C(C)=C/[C@H](C(C)C)N(C)C(=O)[C@@H](NC(=O)[C@H]1CCCCN1C(C)C)C(C)C)c1ccccc1. The molecule has 0 aromatic heterocycles. The number of amides is 3. The van der Waals surface area contributed by atoms with E-state index in [1.807, 2.05) is 64.1 Å². The second-order valence-corrected chi connectivity index (χ2v) is 16.5. The molecule has 1 aromatic carbocycles. The zero-order valence-corrected chi connectivity index (χ0v) is 34.6. The van der Waals surface area contributed by atoms with E-state index in [2.05, 4.69) is 31.0 Å². The topological polar surface area (TPSA) is 99.3 Å². The van der Waals surface area contributed by atoms with Crippen molar-refractivity contribution in [2.45, 2.75) is 175 Å². The van der Waals surface area contributed by atoms with Crippen LogP contribution in [0.3, 0.4) is 0 Å². The molecule has 0 aliphatic carbocycles. The van der Waals surface area contributed by atoms with E-state index in [1.165, 1.54) is 32.1 Å². The van der Waals surface area contributed by atoms with Gasteiger partial charge < -0.3 is 19.9 Å². The van der Waals surface area contributed by atoms with E-state index in [0.29, 0.717) is 18.5 Å². The lowest BCUT2D eigenvalue weighted by Crippen LogP contribution is -2.58. The van der Waals surface area contributed by atoms with Crippen LogP contribution in [0, 0.1) is 11.8 Å². The van der Waals surface area contributed by atoms with E-state index >= 15 is 0 Å². The molecule has 298 valence electrons. The maximum Gasteiger partial charge on any atom is 0.329 e. The van der Waals surface area contributed by atoms with Gasteiger partial charge in [0.25, 0.3) is 0 Å². The zero-order chi connectivity index (χ0) is 39.1. The third-order valence-corrected chi connectivity index (χ3v) is 11.3. The van der Waals surface area contributed by atoms with Crippen LogP contribution in [0.2, 0.25) is 0 Å². The van der Waals surface area contributed by atoms with Gasteiger partial charge in [0.05, 0.1) is 12.1 Å². The number of rotatable bonds is 20. The predicted molar refractivity (Wildman–Crippen MR) is 214 cm³/mol. The molecule has 5 atom stereocenters. The minimum absolute atomic E-state index is 0.00241. The third kappa shape index (κ3) is 13.0. The Kier molecular flexibility index (Phi) is 18.5. The number of carbonyl (C=O) groups is 4. The third-order valence-electron chi connectivity index (χ3n) is 11.3. The van der Waals surface area contributed by atoms with Gasteiger partial charge in [-0.25, -0.2) is 4.79 Å². The first-order chi connectivity index (χ1) is 25.3. The van der Waals surface area contributed by atoms with Gasteiger partial charge in [0.2, 0.25) is 17.7 Å². The fourth-order valence-corrected chi connectivity index (χ4v) is 8.01. The second kappa shape index (κ2) is 22.2. The van der Waals surface area contributed by atoms with Crippen LogP contribution < -0.4 is 5.32 Å². The summed E-state index contributed by atoms with van der Waals surface area (Å²) in [6.45, 7) is 17.5. The van der Waals surface area contributed by atoms with Crippen molar-refractivity contribution < 1.29 is 23.9 Å². The Morgan fingerprint density at radius 3 is 2.11 bits per heavy atom. The van der Waals surface area contributed by atoms with Gasteiger partial charge in [0.15, 0.2) is 0 Å². The van der Waals surface area contributed by atoms with Gasteiger partial charge in [-0.05, 0) is 83.2 Å². The minimum atomic E-state index is -0.689. The molecule has 2 aliphatic rings. The number of likely N-dealkylation sites (N-methyl/N-ethyl adjacent to an activating group) is 1. The van der Waals surface area contributed by atoms with Crippen LogP contribution in [-0.4, -0.2) is 88.7 Å². The van der Waals surface area contributed by atoms with Crippen molar-refractivity contribution in [3.8, 4) is 0 Å². The molecule has 2 fully saturated rings. The summed E-state index contributed by atoms with van der Waals surface area (Å²) in [6.07, 6.45) is 14.7. The van der Waals surface area contributed by atoms with Crippen molar-refractivity contribution in [1.29, 1.82) is 0 Å². The van der Waals surface area contributed by atoms with Crippen molar-refractivity contribution in [2.75, 3.05) is 20.1 Å². The van der Waals surface area contributed by atoms with Crippen LogP contribution in [0.1, 0.15) is 151 Å². The Bertz CT molecular complexity index is 1330. The number of ether oxygens (including phenoxy) is 1. The average molecular weight is 737 g/mol. The summed E-state index contributed by atoms with van der Waals surface area (Å²) in [5.74, 6) is -0.942. The smallest absolute Gasteiger partial charge is 0.329 e. The molecule has 1 aromatic rings. The number of hydrogen-bond acceptors (Lipinski definition) is 6. The number of nitrogens with zero attached hydrogens (tertiary/aromatic N) is 3. The van der Waals surface area contributed by atoms with Crippen LogP contribution in [0.4, 0.5) is 0 Å². The van der Waals surface area contributed by atoms with E-state index in [9.17, 15) is 19.2 Å². The lowest BCUT2D eigenvalue weighted by Gasteiger charge is -2.39. The molecule has 2 aliphatic heterocycles.